The van der Waals surface area contributed by atoms with Gasteiger partial charge in [0.1, 0.15) is 17.4 Å². The maximum Gasteiger partial charge on any atom is 0.323 e. The molecule has 32 heavy (non-hydrogen) atoms. The second kappa shape index (κ2) is 13.8. The van der Waals surface area contributed by atoms with Crippen LogP contribution in [0.25, 0.3) is 11.2 Å². The number of imidazole rings is 1. The van der Waals surface area contributed by atoms with Crippen LogP contribution in [0.15, 0.2) is 12.5 Å². The van der Waals surface area contributed by atoms with Crippen molar-refractivity contribution in [2.24, 2.45) is 17.6 Å². The van der Waals surface area contributed by atoms with E-state index >= 15 is 0 Å². The van der Waals surface area contributed by atoms with E-state index in [1.165, 1.54) is 12.8 Å². The molecule has 0 aromatic carbocycles. The number of hydrogen-bond acceptors (Lipinski definition) is 8. The van der Waals surface area contributed by atoms with E-state index in [1.807, 2.05) is 13.8 Å². The summed E-state index contributed by atoms with van der Waals surface area (Å²) >= 11 is 0. The number of aromatic nitrogens is 4. The summed E-state index contributed by atoms with van der Waals surface area (Å²) in [6.07, 6.45) is 10.1. The lowest BCUT2D eigenvalue weighted by Gasteiger charge is -2.19. The molecule has 178 valence electrons. The average Bonchev–Trinajstić information content (AvgIpc) is 3.24. The van der Waals surface area contributed by atoms with Gasteiger partial charge in [-0.15, -0.1) is 0 Å². The Hall–Kier alpha value is -2.55. The SMILES string of the molecule is CCCCCCCC(=O)OCCC(COC(=O)[C@@H](N)C(C)C)Cc1ncc2[nH]cnc2n1. The van der Waals surface area contributed by atoms with E-state index in [1.54, 1.807) is 12.5 Å². The van der Waals surface area contributed by atoms with E-state index in [0.717, 1.165) is 24.8 Å². The number of fused-ring (bicyclic) bond motifs is 1. The Morgan fingerprint density at radius 2 is 1.91 bits per heavy atom. The van der Waals surface area contributed by atoms with Crippen LogP contribution in [-0.2, 0) is 25.5 Å². The molecule has 0 fully saturated rings. The van der Waals surface area contributed by atoms with Crippen LogP contribution in [0, 0.1) is 11.8 Å². The van der Waals surface area contributed by atoms with E-state index in [9.17, 15) is 9.59 Å². The van der Waals surface area contributed by atoms with Gasteiger partial charge in [-0.25, -0.2) is 15.0 Å². The number of carbonyl (C=O) groups excluding carboxylic acids is 2. The van der Waals surface area contributed by atoms with Crippen molar-refractivity contribution in [2.75, 3.05) is 13.2 Å². The third-order valence-electron chi connectivity index (χ3n) is 5.42. The number of nitrogens with two attached hydrogens (primary N) is 1. The van der Waals surface area contributed by atoms with Crippen molar-refractivity contribution in [3.05, 3.63) is 18.3 Å². The van der Waals surface area contributed by atoms with Crippen molar-refractivity contribution in [3.63, 3.8) is 0 Å². The van der Waals surface area contributed by atoms with Gasteiger partial charge in [0.25, 0.3) is 0 Å². The molecule has 2 aromatic rings. The first-order valence-electron chi connectivity index (χ1n) is 11.6. The summed E-state index contributed by atoms with van der Waals surface area (Å²) in [4.78, 5) is 40.1. The van der Waals surface area contributed by atoms with Gasteiger partial charge in [0.05, 0.1) is 25.7 Å². The quantitative estimate of drug-likeness (QED) is 0.314. The molecule has 0 spiro atoms. The second-order valence-electron chi connectivity index (χ2n) is 8.57. The molecule has 9 nitrogen and oxygen atoms in total. The van der Waals surface area contributed by atoms with Crippen molar-refractivity contribution in [3.8, 4) is 0 Å². The summed E-state index contributed by atoms with van der Waals surface area (Å²) in [5.41, 5.74) is 7.23. The minimum Gasteiger partial charge on any atom is -0.466 e. The van der Waals surface area contributed by atoms with Crippen LogP contribution in [0.1, 0.15) is 71.5 Å². The van der Waals surface area contributed by atoms with E-state index in [4.69, 9.17) is 15.2 Å². The van der Waals surface area contributed by atoms with E-state index in [2.05, 4.69) is 26.9 Å². The molecule has 0 aliphatic heterocycles. The van der Waals surface area contributed by atoms with Crippen LogP contribution in [0.3, 0.4) is 0 Å². The molecule has 0 aliphatic carbocycles. The van der Waals surface area contributed by atoms with E-state index < -0.39 is 12.0 Å². The number of esters is 2. The minimum atomic E-state index is -0.669. The first-order valence-corrected chi connectivity index (χ1v) is 11.6. The van der Waals surface area contributed by atoms with Gasteiger partial charge in [-0.05, 0) is 18.8 Å². The molecular weight excluding hydrogens is 410 g/mol. The summed E-state index contributed by atoms with van der Waals surface area (Å²) < 4.78 is 10.9. The van der Waals surface area contributed by atoms with Crippen molar-refractivity contribution in [1.29, 1.82) is 0 Å². The molecule has 2 rings (SSSR count). The second-order valence-corrected chi connectivity index (χ2v) is 8.57. The highest BCUT2D eigenvalue weighted by molar-refractivity contribution is 5.75. The van der Waals surface area contributed by atoms with Gasteiger partial charge in [0, 0.05) is 18.8 Å². The molecule has 3 N–H and O–H groups in total. The number of rotatable bonds is 15. The summed E-state index contributed by atoms with van der Waals surface area (Å²) in [6, 6.07) is -0.669. The Bertz CT molecular complexity index is 839. The Balaban J connectivity index is 1.86. The number of carbonyl (C=O) groups is 2. The van der Waals surface area contributed by atoms with Crippen LogP contribution in [-0.4, -0.2) is 51.1 Å². The van der Waals surface area contributed by atoms with Gasteiger partial charge in [-0.1, -0.05) is 46.5 Å². The molecule has 1 unspecified atom stereocenters. The number of nitrogens with zero attached hydrogens (tertiary/aromatic N) is 3. The number of nitrogens with one attached hydrogen (secondary N) is 1. The molecule has 0 radical (unpaired) electrons. The van der Waals surface area contributed by atoms with Crippen LogP contribution >= 0.6 is 0 Å². The van der Waals surface area contributed by atoms with Crippen LogP contribution < -0.4 is 5.73 Å². The van der Waals surface area contributed by atoms with Gasteiger partial charge in [0.2, 0.25) is 0 Å². The minimum absolute atomic E-state index is 0.00960. The van der Waals surface area contributed by atoms with Crippen molar-refractivity contribution in [1.82, 2.24) is 19.9 Å². The maximum atomic E-state index is 12.2. The summed E-state index contributed by atoms with van der Waals surface area (Å²) in [6.45, 7) is 6.33. The zero-order valence-electron chi connectivity index (χ0n) is 19.5. The molecule has 2 aromatic heterocycles. The van der Waals surface area contributed by atoms with Crippen molar-refractivity contribution in [2.45, 2.75) is 78.2 Å². The molecule has 0 saturated carbocycles. The maximum absolute atomic E-state index is 12.2. The largest absolute Gasteiger partial charge is 0.466 e. The van der Waals surface area contributed by atoms with E-state index in [-0.39, 0.29) is 31.0 Å². The lowest BCUT2D eigenvalue weighted by molar-refractivity contribution is -0.149. The zero-order chi connectivity index (χ0) is 23.3. The summed E-state index contributed by atoms with van der Waals surface area (Å²) in [5, 5.41) is 0. The van der Waals surface area contributed by atoms with E-state index in [0.29, 0.717) is 30.7 Å². The highest BCUT2D eigenvalue weighted by Gasteiger charge is 2.22. The predicted octanol–water partition coefficient (Wildman–Crippen LogP) is 3.33. The third-order valence-corrected chi connectivity index (χ3v) is 5.42. The van der Waals surface area contributed by atoms with Gasteiger partial charge in [0.15, 0.2) is 5.65 Å². The molecule has 0 aliphatic rings. The number of unbranched alkanes of at least 4 members (excludes halogenated alkanes) is 4. The topological polar surface area (TPSA) is 133 Å². The highest BCUT2D eigenvalue weighted by atomic mass is 16.5. The van der Waals surface area contributed by atoms with Crippen LogP contribution in [0.5, 0.6) is 0 Å². The molecule has 2 heterocycles. The lowest BCUT2D eigenvalue weighted by atomic mass is 10.0. The lowest BCUT2D eigenvalue weighted by Crippen LogP contribution is -2.38. The number of ether oxygens (including phenoxy) is 2. The molecule has 2 atom stereocenters. The molecular formula is C23H37N5O4. The average molecular weight is 448 g/mol. The fourth-order valence-electron chi connectivity index (χ4n) is 3.23. The van der Waals surface area contributed by atoms with Gasteiger partial charge < -0.3 is 20.2 Å². The standard InChI is InChI=1S/C23H37N5O4/c1-4-5-6-7-8-9-20(29)31-11-10-17(14-32-23(30)21(24)16(2)3)12-19-25-13-18-22(28-19)27-15-26-18/h13,15-17,21H,4-12,14,24H2,1-3H3,(H,25,26,27,28)/t17?,21-/m0/s1. The number of hydrogen-bond donors (Lipinski definition) is 2. The number of aromatic amines is 1. The Kier molecular flexibility index (Phi) is 11.1. The van der Waals surface area contributed by atoms with Crippen molar-refractivity contribution >= 4 is 23.1 Å². The Labute approximate surface area is 189 Å². The fraction of sp³-hybridized carbons (Fsp3) is 0.696. The number of H-pyrrole nitrogens is 1. The highest BCUT2D eigenvalue weighted by Crippen LogP contribution is 2.14. The normalized spacial score (nSPS) is 13.3. The third kappa shape index (κ3) is 8.90. The summed E-state index contributed by atoms with van der Waals surface area (Å²) in [5.74, 6) is -0.135. The molecule has 0 saturated heterocycles. The Morgan fingerprint density at radius 1 is 1.12 bits per heavy atom. The van der Waals surface area contributed by atoms with Crippen molar-refractivity contribution < 1.29 is 19.1 Å². The predicted molar refractivity (Wildman–Crippen MR) is 122 cm³/mol. The van der Waals surface area contributed by atoms with Crippen LogP contribution in [0.2, 0.25) is 0 Å². The molecule has 9 heteroatoms. The monoisotopic (exact) mass is 447 g/mol. The first kappa shape index (κ1) is 25.7. The Morgan fingerprint density at radius 3 is 2.66 bits per heavy atom. The zero-order valence-corrected chi connectivity index (χ0v) is 19.5. The van der Waals surface area contributed by atoms with Gasteiger partial charge in [-0.2, -0.15) is 0 Å². The smallest absolute Gasteiger partial charge is 0.323 e. The first-order chi connectivity index (χ1) is 15.4. The van der Waals surface area contributed by atoms with Gasteiger partial charge in [-0.3, -0.25) is 9.59 Å². The summed E-state index contributed by atoms with van der Waals surface area (Å²) in [7, 11) is 0. The molecule has 0 bridgehead atoms. The molecule has 0 amide bonds. The fourth-order valence-corrected chi connectivity index (χ4v) is 3.23. The van der Waals surface area contributed by atoms with Gasteiger partial charge >= 0.3 is 11.9 Å². The van der Waals surface area contributed by atoms with Crippen LogP contribution in [0.4, 0.5) is 0 Å².